The van der Waals surface area contributed by atoms with Gasteiger partial charge in [-0.3, -0.25) is 10.4 Å². The number of benzene rings is 3. The third-order valence-electron chi connectivity index (χ3n) is 4.17. The lowest BCUT2D eigenvalue weighted by molar-refractivity contribution is 0.508. The minimum absolute atomic E-state index is 0.146. The fraction of sp³-hybridized carbons (Fsp3) is 0. The molecule has 0 bridgehead atoms. The number of nitrogens with zero attached hydrogens (tertiary/aromatic N) is 1. The topological polar surface area (TPSA) is 57.0 Å². The molecule has 0 aliphatic heterocycles. The van der Waals surface area contributed by atoms with Gasteiger partial charge in [-0.15, -0.1) is 0 Å². The van der Waals surface area contributed by atoms with Crippen LogP contribution >= 0.6 is 0 Å². The van der Waals surface area contributed by atoms with Crippen LogP contribution in [-0.2, 0) is 0 Å². The van der Waals surface area contributed by atoms with Crippen molar-refractivity contribution in [3.63, 3.8) is 0 Å². The smallest absolute Gasteiger partial charge is 0.131 e. The summed E-state index contributed by atoms with van der Waals surface area (Å²) < 4.78 is 0. The van der Waals surface area contributed by atoms with Gasteiger partial charge in [0, 0.05) is 38.4 Å². The fourth-order valence-electron chi connectivity index (χ4n) is 3.04. The molecule has 0 atom stereocenters. The second kappa shape index (κ2) is 5.65. The van der Waals surface area contributed by atoms with Gasteiger partial charge in [0.15, 0.2) is 0 Å². The molecule has 24 heavy (non-hydrogen) atoms. The van der Waals surface area contributed by atoms with Crippen molar-refractivity contribution in [3.8, 4) is 0 Å². The molecule has 0 unspecified atom stereocenters. The number of rotatable bonds is 1. The highest BCUT2D eigenvalue weighted by Gasteiger charge is 2.09. The number of hydrogen-bond acceptors (Lipinski definition) is 3. The van der Waals surface area contributed by atoms with E-state index in [2.05, 4.69) is 10.9 Å². The quantitative estimate of drug-likeness (QED) is 0.419. The number of nitrogens with one attached hydrogen (secondary N) is 1. The lowest BCUT2D eigenvalue weighted by atomic mass is 10.0. The number of aromatic nitrogens is 1. The molecule has 0 saturated carbocycles. The second-order valence-corrected chi connectivity index (χ2v) is 5.57. The van der Waals surface area contributed by atoms with Crippen LogP contribution in [0.25, 0.3) is 27.4 Å². The van der Waals surface area contributed by atoms with Crippen molar-refractivity contribution >= 4 is 33.3 Å². The molecular weight excluding hydrogens is 296 g/mol. The zero-order chi connectivity index (χ0) is 16.5. The monoisotopic (exact) mass is 310 g/mol. The van der Waals surface area contributed by atoms with E-state index in [4.69, 9.17) is 5.41 Å². The summed E-state index contributed by atoms with van der Waals surface area (Å²) in [5, 5.41) is 22.5. The van der Waals surface area contributed by atoms with Crippen molar-refractivity contribution in [2.45, 2.75) is 0 Å². The van der Waals surface area contributed by atoms with E-state index in [9.17, 15) is 5.11 Å². The van der Waals surface area contributed by atoms with Crippen LogP contribution in [-0.4, -0.2) is 16.0 Å². The minimum atomic E-state index is 0.146. The molecule has 2 N–H and O–H groups in total. The first kappa shape index (κ1) is 14.2. The second-order valence-electron chi connectivity index (χ2n) is 5.57. The summed E-state index contributed by atoms with van der Waals surface area (Å²) in [4.78, 5) is 4.48. The Bertz CT molecular complexity index is 1210. The maximum Gasteiger partial charge on any atom is 0.131 e. The van der Waals surface area contributed by atoms with Crippen LogP contribution in [0.15, 0.2) is 72.9 Å². The van der Waals surface area contributed by atoms with Crippen LogP contribution in [0.3, 0.4) is 0 Å². The molecule has 0 aliphatic carbocycles. The summed E-state index contributed by atoms with van der Waals surface area (Å²) in [6.07, 6.45) is 1.80. The van der Waals surface area contributed by atoms with Gasteiger partial charge in [0.05, 0.1) is 5.52 Å². The Labute approximate surface area is 138 Å². The first-order valence-electron chi connectivity index (χ1n) is 7.64. The Balaban J connectivity index is 2.34. The van der Waals surface area contributed by atoms with Gasteiger partial charge in [0.1, 0.15) is 5.76 Å². The van der Waals surface area contributed by atoms with Gasteiger partial charge in [0.2, 0.25) is 0 Å². The standard InChI is InChI=1S/C21H14N2O/c22-12-15-10-11-16-13-23-18-9-5-4-8-17(18)19(16)20(15)21(24)14-6-2-1-3-7-14/h1-11,13,22,24H. The summed E-state index contributed by atoms with van der Waals surface area (Å²) in [7, 11) is 0. The van der Waals surface area contributed by atoms with Crippen LogP contribution in [0, 0.1) is 5.41 Å². The predicted octanol–water partition coefficient (Wildman–Crippen LogP) is 3.02. The molecule has 4 aromatic rings. The molecule has 3 heteroatoms. The van der Waals surface area contributed by atoms with E-state index in [-0.39, 0.29) is 5.76 Å². The highest BCUT2D eigenvalue weighted by Crippen LogP contribution is 2.20. The number of aliphatic hydroxyl groups excluding tert-OH is 1. The Morgan fingerprint density at radius 2 is 1.67 bits per heavy atom. The van der Waals surface area contributed by atoms with Crippen molar-refractivity contribution < 1.29 is 5.11 Å². The van der Waals surface area contributed by atoms with Gasteiger partial charge in [-0.25, -0.2) is 0 Å². The zero-order valence-corrected chi connectivity index (χ0v) is 12.8. The Hall–Kier alpha value is -3.42. The van der Waals surface area contributed by atoms with Gasteiger partial charge >= 0.3 is 0 Å². The molecule has 1 aromatic heterocycles. The molecule has 1 heterocycles. The average Bonchev–Trinajstić information content (AvgIpc) is 2.67. The Kier molecular flexibility index (Phi) is 3.34. The molecule has 4 rings (SSSR count). The van der Waals surface area contributed by atoms with Gasteiger partial charge in [-0.1, -0.05) is 54.6 Å². The van der Waals surface area contributed by atoms with E-state index < -0.39 is 0 Å². The fourth-order valence-corrected chi connectivity index (χ4v) is 3.04. The first-order valence-corrected chi connectivity index (χ1v) is 7.64. The largest absolute Gasteiger partial charge is 0.507 e. The van der Waals surface area contributed by atoms with Gasteiger partial charge in [0.25, 0.3) is 0 Å². The molecule has 0 amide bonds. The number of aliphatic hydroxyl groups is 1. The maximum atomic E-state index is 10.9. The van der Waals surface area contributed by atoms with Crippen molar-refractivity contribution in [2.24, 2.45) is 0 Å². The highest BCUT2D eigenvalue weighted by atomic mass is 16.3. The maximum absolute atomic E-state index is 10.9. The average molecular weight is 310 g/mol. The van der Waals surface area contributed by atoms with Crippen LogP contribution in [0.1, 0.15) is 5.56 Å². The zero-order valence-electron chi connectivity index (χ0n) is 12.8. The Morgan fingerprint density at radius 3 is 2.46 bits per heavy atom. The van der Waals surface area contributed by atoms with Crippen molar-refractivity contribution in [3.05, 3.63) is 88.9 Å². The first-order chi connectivity index (χ1) is 11.8. The minimum Gasteiger partial charge on any atom is -0.507 e. The highest BCUT2D eigenvalue weighted by molar-refractivity contribution is 6.06. The molecule has 3 nitrogen and oxygen atoms in total. The summed E-state index contributed by atoms with van der Waals surface area (Å²) in [6, 6.07) is 20.9. The van der Waals surface area contributed by atoms with Crippen molar-refractivity contribution in [2.75, 3.05) is 0 Å². The third kappa shape index (κ3) is 2.16. The van der Waals surface area contributed by atoms with E-state index >= 15 is 0 Å². The molecule has 0 spiro atoms. The van der Waals surface area contributed by atoms with Crippen molar-refractivity contribution in [1.82, 2.24) is 4.98 Å². The van der Waals surface area contributed by atoms with E-state index in [0.29, 0.717) is 16.0 Å². The predicted molar refractivity (Wildman–Crippen MR) is 96.9 cm³/mol. The van der Waals surface area contributed by atoms with E-state index in [1.54, 1.807) is 12.3 Å². The van der Waals surface area contributed by atoms with Gasteiger partial charge in [-0.05, 0) is 18.0 Å². The van der Waals surface area contributed by atoms with Crippen LogP contribution in [0.4, 0.5) is 0 Å². The van der Waals surface area contributed by atoms with E-state index in [1.165, 1.54) is 0 Å². The third-order valence-corrected chi connectivity index (χ3v) is 4.17. The Morgan fingerprint density at radius 1 is 0.917 bits per heavy atom. The molecule has 114 valence electrons. The molecule has 3 aromatic carbocycles. The lowest BCUT2D eigenvalue weighted by Crippen LogP contribution is -2.29. The molecule has 0 saturated heterocycles. The number of hydrogen-bond donors (Lipinski definition) is 2. The summed E-state index contributed by atoms with van der Waals surface area (Å²) >= 11 is 0. The van der Waals surface area contributed by atoms with Gasteiger partial charge < -0.3 is 5.11 Å². The van der Waals surface area contributed by atoms with Gasteiger partial charge in [-0.2, -0.15) is 0 Å². The van der Waals surface area contributed by atoms with Crippen molar-refractivity contribution in [1.29, 1.82) is 5.41 Å². The normalized spacial score (nSPS) is 12.2. The molecule has 0 fully saturated rings. The SMILES string of the molecule is N=C=c1ccc2cnc3ccccc3c2c1=C(O)c1ccccc1. The summed E-state index contributed by atoms with van der Waals surface area (Å²) in [5.41, 5.74) is 1.57. The van der Waals surface area contributed by atoms with Crippen LogP contribution < -0.4 is 10.4 Å². The molecular formula is C21H14N2O. The number of fused-ring (bicyclic) bond motifs is 3. The summed E-state index contributed by atoms with van der Waals surface area (Å²) in [6.45, 7) is 0. The lowest BCUT2D eigenvalue weighted by Gasteiger charge is -2.07. The molecule has 0 radical (unpaired) electrons. The van der Waals surface area contributed by atoms with E-state index in [0.717, 1.165) is 21.7 Å². The summed E-state index contributed by atoms with van der Waals surface area (Å²) in [5.74, 6) is 2.60. The number of pyridine rings is 1. The molecule has 0 aliphatic rings. The van der Waals surface area contributed by atoms with Crippen LogP contribution in [0.5, 0.6) is 0 Å². The number of para-hydroxylation sites is 1. The van der Waals surface area contributed by atoms with Crippen LogP contribution in [0.2, 0.25) is 0 Å². The van der Waals surface area contributed by atoms with E-state index in [1.807, 2.05) is 60.7 Å².